The molecule has 1 aliphatic carbocycles. The second-order valence-corrected chi connectivity index (χ2v) is 9.48. The van der Waals surface area contributed by atoms with Crippen LogP contribution in [0.3, 0.4) is 0 Å². The zero-order valence-electron chi connectivity index (χ0n) is 14.3. The summed E-state index contributed by atoms with van der Waals surface area (Å²) >= 11 is 4.91. The van der Waals surface area contributed by atoms with E-state index in [4.69, 9.17) is 0 Å². The number of fused-ring (bicyclic) bond motifs is 1. The Morgan fingerprint density at radius 1 is 1.13 bits per heavy atom. The molecule has 1 N–H and O–H groups in total. The molecule has 1 saturated heterocycles. The highest BCUT2D eigenvalue weighted by Crippen LogP contribution is 2.56. The van der Waals surface area contributed by atoms with Gasteiger partial charge in [0, 0.05) is 14.3 Å². The first-order valence-electron chi connectivity index (χ1n) is 8.51. The second kappa shape index (κ2) is 6.72. The lowest BCUT2D eigenvalue weighted by Crippen LogP contribution is -2.49. The molecule has 23 heavy (non-hydrogen) atoms. The molecule has 1 fully saturated rings. The minimum absolute atomic E-state index is 0.0810. The minimum atomic E-state index is -0.673. The van der Waals surface area contributed by atoms with Crippen LogP contribution < -0.4 is 0 Å². The molecule has 2 nitrogen and oxygen atoms in total. The summed E-state index contributed by atoms with van der Waals surface area (Å²) in [5.41, 5.74) is 4.72. The van der Waals surface area contributed by atoms with Gasteiger partial charge in [0.1, 0.15) is 0 Å². The molecule has 128 valence electrons. The molecule has 0 bridgehead atoms. The van der Waals surface area contributed by atoms with E-state index in [0.29, 0.717) is 5.92 Å². The number of benzene rings is 1. The molecule has 0 radical (unpaired) electrons. The van der Waals surface area contributed by atoms with Gasteiger partial charge in [0.25, 0.3) is 0 Å². The molecular weight excluding hydrogens is 512 g/mol. The van der Waals surface area contributed by atoms with Crippen LogP contribution in [0.15, 0.2) is 12.1 Å². The van der Waals surface area contributed by atoms with Crippen LogP contribution in [-0.2, 0) is 20.9 Å². The van der Waals surface area contributed by atoms with E-state index in [2.05, 4.69) is 83.1 Å². The Balaban J connectivity index is 2.07. The third-order valence-corrected chi connectivity index (χ3v) is 7.74. The van der Waals surface area contributed by atoms with Crippen molar-refractivity contribution in [2.45, 2.75) is 47.6 Å². The molecular formula is C19H27I2NO. The lowest BCUT2D eigenvalue weighted by molar-refractivity contribution is -0.121. The summed E-state index contributed by atoms with van der Waals surface area (Å²) < 4.78 is 2.07. The summed E-state index contributed by atoms with van der Waals surface area (Å²) in [7, 11) is 2.19. The highest BCUT2D eigenvalue weighted by atomic mass is 127. The fourth-order valence-electron chi connectivity index (χ4n) is 4.66. The molecule has 4 heteroatoms. The first-order valence-corrected chi connectivity index (χ1v) is 11.6. The van der Waals surface area contributed by atoms with Crippen molar-refractivity contribution in [1.29, 1.82) is 0 Å². The van der Waals surface area contributed by atoms with E-state index < -0.39 is 5.60 Å². The van der Waals surface area contributed by atoms with Crippen LogP contribution in [0.1, 0.15) is 48.9 Å². The summed E-state index contributed by atoms with van der Waals surface area (Å²) in [6.07, 6.45) is 3.20. The van der Waals surface area contributed by atoms with E-state index in [9.17, 15) is 5.11 Å². The summed E-state index contributed by atoms with van der Waals surface area (Å²) in [5.74, 6) is 0.377. The van der Waals surface area contributed by atoms with E-state index in [0.717, 1.165) is 41.2 Å². The largest absolute Gasteiger partial charge is 0.384 e. The van der Waals surface area contributed by atoms with Gasteiger partial charge in [-0.05, 0) is 67.6 Å². The van der Waals surface area contributed by atoms with Crippen LogP contribution in [0.2, 0.25) is 0 Å². The van der Waals surface area contributed by atoms with E-state index in [1.165, 1.54) is 22.3 Å². The van der Waals surface area contributed by atoms with E-state index >= 15 is 0 Å². The Bertz CT molecular complexity index is 593. The molecule has 1 atom stereocenters. The molecule has 1 aromatic rings. The Hall–Kier alpha value is 0.600. The molecule has 0 aromatic heterocycles. The van der Waals surface area contributed by atoms with Crippen LogP contribution in [0.5, 0.6) is 0 Å². The van der Waals surface area contributed by atoms with Crippen molar-refractivity contribution in [3.63, 3.8) is 0 Å². The predicted molar refractivity (Wildman–Crippen MR) is 113 cm³/mol. The van der Waals surface area contributed by atoms with Crippen LogP contribution >= 0.6 is 45.2 Å². The smallest absolute Gasteiger partial charge is 0.0982 e. The number of likely N-dealkylation sites (tertiary alicyclic amines) is 1. The Kier molecular flexibility index (Phi) is 5.38. The highest BCUT2D eigenvalue weighted by Gasteiger charge is 2.55. The van der Waals surface area contributed by atoms with Gasteiger partial charge in [-0.3, -0.25) is 0 Å². The summed E-state index contributed by atoms with van der Waals surface area (Å²) in [6.45, 7) is 6.73. The van der Waals surface area contributed by atoms with Gasteiger partial charge >= 0.3 is 0 Å². The van der Waals surface area contributed by atoms with Crippen LogP contribution in [0.25, 0.3) is 0 Å². The number of nitrogens with zero attached hydrogens (tertiary/aromatic N) is 1. The van der Waals surface area contributed by atoms with Crippen molar-refractivity contribution in [2.75, 3.05) is 20.1 Å². The first kappa shape index (κ1) is 18.4. The van der Waals surface area contributed by atoms with Crippen LogP contribution in [0.4, 0.5) is 0 Å². The molecule has 0 spiro atoms. The number of halogens is 2. The average Bonchev–Trinajstić information content (AvgIpc) is 2.73. The zero-order valence-corrected chi connectivity index (χ0v) is 18.6. The number of rotatable bonds is 3. The quantitative estimate of drug-likeness (QED) is 0.446. The maximum absolute atomic E-state index is 11.9. The van der Waals surface area contributed by atoms with Gasteiger partial charge in [-0.2, -0.15) is 0 Å². The van der Waals surface area contributed by atoms with Gasteiger partial charge in [-0.1, -0.05) is 71.2 Å². The van der Waals surface area contributed by atoms with Gasteiger partial charge in [0.05, 0.1) is 5.60 Å². The molecule has 0 saturated carbocycles. The normalized spacial score (nSPS) is 28.1. The number of hydrogen-bond donors (Lipinski definition) is 1. The number of piperidine rings is 1. The summed E-state index contributed by atoms with van der Waals surface area (Å²) in [5, 5.41) is 11.9. The van der Waals surface area contributed by atoms with E-state index in [-0.39, 0.29) is 5.41 Å². The van der Waals surface area contributed by atoms with Gasteiger partial charge in [-0.15, -0.1) is 0 Å². The number of hydrogen-bond acceptors (Lipinski definition) is 2. The Morgan fingerprint density at radius 3 is 2.26 bits per heavy atom. The number of aliphatic hydroxyl groups is 1. The summed E-state index contributed by atoms with van der Waals surface area (Å²) in [4.78, 5) is 2.39. The van der Waals surface area contributed by atoms with Crippen molar-refractivity contribution < 1.29 is 5.11 Å². The lowest BCUT2D eigenvalue weighted by Gasteiger charge is -2.46. The fourth-order valence-corrected chi connectivity index (χ4v) is 6.08. The first-order chi connectivity index (χ1) is 10.8. The van der Waals surface area contributed by atoms with Crippen LogP contribution in [0, 0.1) is 11.3 Å². The van der Waals surface area contributed by atoms with E-state index in [1.54, 1.807) is 0 Å². The van der Waals surface area contributed by atoms with Gasteiger partial charge in [0.2, 0.25) is 0 Å². The second-order valence-electron chi connectivity index (χ2n) is 7.95. The molecule has 0 amide bonds. The van der Waals surface area contributed by atoms with Crippen molar-refractivity contribution in [1.82, 2.24) is 4.90 Å². The third kappa shape index (κ3) is 2.99. The van der Waals surface area contributed by atoms with Crippen molar-refractivity contribution >= 4 is 45.2 Å². The predicted octanol–water partition coefficient (Wildman–Crippen LogP) is 4.67. The van der Waals surface area contributed by atoms with Gasteiger partial charge in [-0.25, -0.2) is 0 Å². The molecule has 2 aliphatic rings. The standard InChI is InChI=1S/C19H27I2NO/c1-18(2)10-13-8-14(11-20)15(12-21)9-17(13)19(18,23)16-4-6-22(3)7-5-16/h8-9,16,23H,4-7,10-12H2,1-3H3. The molecule has 1 unspecified atom stereocenters. The monoisotopic (exact) mass is 539 g/mol. The number of alkyl halides is 2. The maximum Gasteiger partial charge on any atom is 0.0982 e. The fraction of sp³-hybridized carbons (Fsp3) is 0.684. The highest BCUT2D eigenvalue weighted by molar-refractivity contribution is 14.1. The molecule has 1 aromatic carbocycles. The molecule has 1 heterocycles. The topological polar surface area (TPSA) is 23.5 Å². The van der Waals surface area contributed by atoms with Gasteiger partial charge in [0.15, 0.2) is 0 Å². The van der Waals surface area contributed by atoms with E-state index in [1.807, 2.05) is 0 Å². The average molecular weight is 539 g/mol. The Labute approximate surface area is 167 Å². The maximum atomic E-state index is 11.9. The molecule has 1 aliphatic heterocycles. The zero-order chi connectivity index (χ0) is 16.8. The van der Waals surface area contributed by atoms with Crippen molar-refractivity contribution in [3.8, 4) is 0 Å². The Morgan fingerprint density at radius 2 is 1.70 bits per heavy atom. The van der Waals surface area contributed by atoms with Gasteiger partial charge < -0.3 is 10.0 Å². The van der Waals surface area contributed by atoms with Crippen LogP contribution in [-0.4, -0.2) is 30.1 Å². The third-order valence-electron chi connectivity index (χ3n) is 6.10. The van der Waals surface area contributed by atoms with Crippen molar-refractivity contribution in [3.05, 3.63) is 34.4 Å². The lowest BCUT2D eigenvalue weighted by atomic mass is 9.65. The summed E-state index contributed by atoms with van der Waals surface area (Å²) in [6, 6.07) is 4.72. The minimum Gasteiger partial charge on any atom is -0.384 e. The van der Waals surface area contributed by atoms with Crippen molar-refractivity contribution in [2.24, 2.45) is 11.3 Å². The SMILES string of the molecule is CN1CCC(C2(O)c3cc(CI)c(CI)cc3CC2(C)C)CC1. The molecule has 3 rings (SSSR count).